The molecule has 1 unspecified atom stereocenters. The summed E-state index contributed by atoms with van der Waals surface area (Å²) in [6.45, 7) is 2.25. The Labute approximate surface area is 97.8 Å². The molecule has 0 spiro atoms. The van der Waals surface area contributed by atoms with Gasteiger partial charge in [-0.3, -0.25) is 4.79 Å². The van der Waals surface area contributed by atoms with Crippen molar-refractivity contribution >= 4 is 18.3 Å². The van der Waals surface area contributed by atoms with Gasteiger partial charge in [0.25, 0.3) is 0 Å². The second-order valence-electron chi connectivity index (χ2n) is 3.76. The summed E-state index contributed by atoms with van der Waals surface area (Å²) in [4.78, 5) is 13.6. The SMILES string of the molecule is COCCN(C)C(=O)C1CCCCN1.Cl. The van der Waals surface area contributed by atoms with Crippen molar-refractivity contribution in [2.75, 3.05) is 33.9 Å². The standard InChI is InChI=1S/C10H20N2O2.ClH/c1-12(7-8-14-2)10(13)9-5-3-4-6-11-9;/h9,11H,3-8H2,1-2H3;1H. The molecule has 0 aliphatic carbocycles. The minimum absolute atomic E-state index is 0. The summed E-state index contributed by atoms with van der Waals surface area (Å²) < 4.78 is 4.94. The number of rotatable bonds is 4. The van der Waals surface area contributed by atoms with Crippen LogP contribution in [0, 0.1) is 0 Å². The quantitative estimate of drug-likeness (QED) is 0.780. The minimum atomic E-state index is 0. The van der Waals surface area contributed by atoms with E-state index in [0.717, 1.165) is 19.4 Å². The van der Waals surface area contributed by atoms with E-state index in [9.17, 15) is 4.79 Å². The first-order chi connectivity index (χ1) is 6.75. The predicted octanol–water partition coefficient (Wildman–Crippen LogP) is 0.655. The van der Waals surface area contributed by atoms with Crippen molar-refractivity contribution in [1.82, 2.24) is 10.2 Å². The van der Waals surface area contributed by atoms with Gasteiger partial charge in [-0.25, -0.2) is 0 Å². The molecule has 15 heavy (non-hydrogen) atoms. The molecule has 90 valence electrons. The smallest absolute Gasteiger partial charge is 0.239 e. The Kier molecular flexibility index (Phi) is 7.74. The molecule has 1 heterocycles. The van der Waals surface area contributed by atoms with Gasteiger partial charge in [0.2, 0.25) is 5.91 Å². The van der Waals surface area contributed by atoms with Crippen LogP contribution in [0.25, 0.3) is 0 Å². The molecule has 1 amide bonds. The van der Waals surface area contributed by atoms with Crippen LogP contribution in [0.4, 0.5) is 0 Å². The Bertz CT molecular complexity index is 184. The van der Waals surface area contributed by atoms with E-state index in [2.05, 4.69) is 5.32 Å². The maximum absolute atomic E-state index is 11.8. The fourth-order valence-electron chi connectivity index (χ4n) is 1.67. The number of hydrogen-bond donors (Lipinski definition) is 1. The van der Waals surface area contributed by atoms with E-state index in [0.29, 0.717) is 13.2 Å². The fraction of sp³-hybridized carbons (Fsp3) is 0.900. The first kappa shape index (κ1) is 14.7. The lowest BCUT2D eigenvalue weighted by Gasteiger charge is -2.27. The van der Waals surface area contributed by atoms with Gasteiger partial charge >= 0.3 is 0 Å². The second kappa shape index (κ2) is 7.91. The fourth-order valence-corrected chi connectivity index (χ4v) is 1.67. The molecule has 1 saturated heterocycles. The Morgan fingerprint density at radius 3 is 2.80 bits per heavy atom. The van der Waals surface area contributed by atoms with Crippen LogP contribution in [-0.4, -0.2) is 50.7 Å². The number of ether oxygens (including phenoxy) is 1. The van der Waals surface area contributed by atoms with Gasteiger partial charge in [0.1, 0.15) is 0 Å². The third-order valence-electron chi connectivity index (χ3n) is 2.62. The van der Waals surface area contributed by atoms with E-state index in [4.69, 9.17) is 4.74 Å². The van der Waals surface area contributed by atoms with Gasteiger partial charge < -0.3 is 15.0 Å². The monoisotopic (exact) mass is 236 g/mol. The van der Waals surface area contributed by atoms with Gasteiger partial charge in [0.05, 0.1) is 12.6 Å². The average molecular weight is 237 g/mol. The highest BCUT2D eigenvalue weighted by atomic mass is 35.5. The van der Waals surface area contributed by atoms with E-state index in [1.165, 1.54) is 6.42 Å². The number of likely N-dealkylation sites (N-methyl/N-ethyl adjacent to an activating group) is 1. The van der Waals surface area contributed by atoms with Crippen LogP contribution in [0.3, 0.4) is 0 Å². The van der Waals surface area contributed by atoms with Crippen LogP contribution in [0.2, 0.25) is 0 Å². The van der Waals surface area contributed by atoms with Crippen LogP contribution < -0.4 is 5.32 Å². The molecule has 1 atom stereocenters. The third kappa shape index (κ3) is 4.82. The summed E-state index contributed by atoms with van der Waals surface area (Å²) in [5.41, 5.74) is 0. The number of methoxy groups -OCH3 is 1. The van der Waals surface area contributed by atoms with Gasteiger partial charge in [0, 0.05) is 20.7 Å². The van der Waals surface area contributed by atoms with E-state index >= 15 is 0 Å². The first-order valence-electron chi connectivity index (χ1n) is 5.23. The van der Waals surface area contributed by atoms with E-state index in [1.807, 2.05) is 7.05 Å². The molecule has 1 aliphatic rings. The van der Waals surface area contributed by atoms with Crippen molar-refractivity contribution in [3.05, 3.63) is 0 Å². The van der Waals surface area contributed by atoms with Gasteiger partial charge in [-0.15, -0.1) is 12.4 Å². The maximum Gasteiger partial charge on any atom is 0.239 e. The third-order valence-corrected chi connectivity index (χ3v) is 2.62. The molecule has 0 aromatic heterocycles. The van der Waals surface area contributed by atoms with Crippen LogP contribution >= 0.6 is 12.4 Å². The second-order valence-corrected chi connectivity index (χ2v) is 3.76. The Morgan fingerprint density at radius 2 is 2.27 bits per heavy atom. The van der Waals surface area contributed by atoms with Crippen molar-refractivity contribution in [2.24, 2.45) is 0 Å². The minimum Gasteiger partial charge on any atom is -0.383 e. The summed E-state index contributed by atoms with van der Waals surface area (Å²) in [6, 6.07) is 0.0330. The van der Waals surface area contributed by atoms with E-state index < -0.39 is 0 Å². The summed E-state index contributed by atoms with van der Waals surface area (Å²) in [6.07, 6.45) is 3.31. The van der Waals surface area contributed by atoms with Gasteiger partial charge in [-0.05, 0) is 19.4 Å². The summed E-state index contributed by atoms with van der Waals surface area (Å²) >= 11 is 0. The molecular formula is C10H21ClN2O2. The summed E-state index contributed by atoms with van der Waals surface area (Å²) in [5, 5.41) is 3.24. The number of carbonyl (C=O) groups is 1. The van der Waals surface area contributed by atoms with E-state index in [1.54, 1.807) is 12.0 Å². The number of nitrogens with one attached hydrogen (secondary N) is 1. The summed E-state index contributed by atoms with van der Waals surface area (Å²) in [7, 11) is 3.48. The van der Waals surface area contributed by atoms with Crippen LogP contribution in [0.5, 0.6) is 0 Å². The number of hydrogen-bond acceptors (Lipinski definition) is 3. The molecule has 1 fully saturated rings. The van der Waals surface area contributed by atoms with Crippen molar-refractivity contribution < 1.29 is 9.53 Å². The Morgan fingerprint density at radius 1 is 1.53 bits per heavy atom. The van der Waals surface area contributed by atoms with Crippen molar-refractivity contribution in [3.63, 3.8) is 0 Å². The summed E-state index contributed by atoms with van der Waals surface area (Å²) in [5.74, 6) is 0.196. The number of halogens is 1. The number of piperidine rings is 1. The molecule has 0 bridgehead atoms. The first-order valence-corrected chi connectivity index (χ1v) is 5.23. The normalized spacial score (nSPS) is 20.5. The van der Waals surface area contributed by atoms with E-state index in [-0.39, 0.29) is 24.4 Å². The number of nitrogens with zero attached hydrogens (tertiary/aromatic N) is 1. The molecule has 1 N–H and O–H groups in total. The molecule has 0 aromatic carbocycles. The predicted molar refractivity (Wildman–Crippen MR) is 62.4 cm³/mol. The van der Waals surface area contributed by atoms with Gasteiger partial charge in [-0.2, -0.15) is 0 Å². The molecule has 0 saturated carbocycles. The van der Waals surface area contributed by atoms with Gasteiger partial charge in [-0.1, -0.05) is 6.42 Å². The lowest BCUT2D eigenvalue weighted by Crippen LogP contribution is -2.47. The number of amides is 1. The zero-order valence-corrected chi connectivity index (χ0v) is 10.3. The lowest BCUT2D eigenvalue weighted by molar-refractivity contribution is -0.133. The maximum atomic E-state index is 11.8. The molecule has 1 aliphatic heterocycles. The van der Waals surface area contributed by atoms with Gasteiger partial charge in [0.15, 0.2) is 0 Å². The topological polar surface area (TPSA) is 41.6 Å². The molecule has 1 rings (SSSR count). The van der Waals surface area contributed by atoms with Crippen LogP contribution in [-0.2, 0) is 9.53 Å². The Hall–Kier alpha value is -0.320. The van der Waals surface area contributed by atoms with Crippen molar-refractivity contribution in [2.45, 2.75) is 25.3 Å². The van der Waals surface area contributed by atoms with Crippen molar-refractivity contribution in [1.29, 1.82) is 0 Å². The zero-order chi connectivity index (χ0) is 10.4. The largest absolute Gasteiger partial charge is 0.383 e. The molecule has 0 radical (unpaired) electrons. The average Bonchev–Trinajstić information content (AvgIpc) is 2.26. The van der Waals surface area contributed by atoms with Crippen LogP contribution in [0.15, 0.2) is 0 Å². The highest BCUT2D eigenvalue weighted by molar-refractivity contribution is 5.85. The molecule has 4 nitrogen and oxygen atoms in total. The molecule has 5 heteroatoms. The molecule has 0 aromatic rings. The van der Waals surface area contributed by atoms with Crippen molar-refractivity contribution in [3.8, 4) is 0 Å². The zero-order valence-electron chi connectivity index (χ0n) is 9.49. The highest BCUT2D eigenvalue weighted by Gasteiger charge is 2.22. The highest BCUT2D eigenvalue weighted by Crippen LogP contribution is 2.08. The molecular weight excluding hydrogens is 216 g/mol. The van der Waals surface area contributed by atoms with Crippen LogP contribution in [0.1, 0.15) is 19.3 Å². The lowest BCUT2D eigenvalue weighted by atomic mass is 10.0. The number of carbonyl (C=O) groups excluding carboxylic acids is 1. The Balaban J connectivity index is 0.00000196.